The Hall–Kier alpha value is -0.870. The fourth-order valence-electron chi connectivity index (χ4n) is 1.70. The fraction of sp³-hybridized carbons (Fsp3) is 0.417. The van der Waals surface area contributed by atoms with Crippen molar-refractivity contribution >= 4 is 18.0 Å². The second-order valence-electron chi connectivity index (χ2n) is 3.75. The molecule has 2 rings (SSSR count). The minimum Gasteiger partial charge on any atom is -0.377 e. The number of carbonyl (C=O) groups is 1. The van der Waals surface area contributed by atoms with Crippen LogP contribution in [0.5, 0.6) is 0 Å². The van der Waals surface area contributed by atoms with Crippen LogP contribution in [0.15, 0.2) is 23.1 Å². The molecule has 1 aromatic carbocycles. The molecule has 1 aliphatic heterocycles. The van der Waals surface area contributed by atoms with Crippen molar-refractivity contribution in [1.82, 2.24) is 0 Å². The summed E-state index contributed by atoms with van der Waals surface area (Å²) >= 11 is 1.55. The second kappa shape index (κ2) is 5.46. The molecular weight excluding hydrogens is 227 g/mol. The van der Waals surface area contributed by atoms with Gasteiger partial charge in [-0.1, -0.05) is 0 Å². The zero-order valence-corrected chi connectivity index (χ0v) is 9.63. The molecular formula is C12H13FO2S. The summed E-state index contributed by atoms with van der Waals surface area (Å²) in [6, 6.07) is 4.30. The van der Waals surface area contributed by atoms with Crippen molar-refractivity contribution in [2.24, 2.45) is 0 Å². The summed E-state index contributed by atoms with van der Waals surface area (Å²) < 4.78 is 18.4. The van der Waals surface area contributed by atoms with Gasteiger partial charge in [0.1, 0.15) is 5.82 Å². The van der Waals surface area contributed by atoms with E-state index in [1.54, 1.807) is 17.8 Å². The van der Waals surface area contributed by atoms with Crippen LogP contribution in [0.25, 0.3) is 0 Å². The van der Waals surface area contributed by atoms with Gasteiger partial charge in [0.2, 0.25) is 0 Å². The summed E-state index contributed by atoms with van der Waals surface area (Å²) in [6.07, 6.45) is 3.15. The van der Waals surface area contributed by atoms with E-state index in [9.17, 15) is 9.18 Å². The number of halogens is 1. The summed E-state index contributed by atoms with van der Waals surface area (Å²) in [5, 5.41) is 0. The summed E-state index contributed by atoms with van der Waals surface area (Å²) in [4.78, 5) is 11.6. The average Bonchev–Trinajstić information content (AvgIpc) is 2.80. The fourth-order valence-corrected chi connectivity index (χ4v) is 2.77. The van der Waals surface area contributed by atoms with E-state index in [0.29, 0.717) is 11.8 Å². The molecule has 0 amide bonds. The van der Waals surface area contributed by atoms with Crippen molar-refractivity contribution in [2.75, 3.05) is 12.4 Å². The molecule has 0 saturated carbocycles. The van der Waals surface area contributed by atoms with Crippen LogP contribution < -0.4 is 0 Å². The number of thioether (sulfide) groups is 1. The van der Waals surface area contributed by atoms with Gasteiger partial charge in [-0.15, -0.1) is 11.8 Å². The van der Waals surface area contributed by atoms with E-state index in [0.717, 1.165) is 30.1 Å². The Kier molecular flexibility index (Phi) is 3.96. The SMILES string of the molecule is O=Cc1cc(F)ccc1SCC1CCCO1. The first kappa shape index (κ1) is 11.6. The van der Waals surface area contributed by atoms with Gasteiger partial charge >= 0.3 is 0 Å². The summed E-state index contributed by atoms with van der Waals surface area (Å²) in [6.45, 7) is 0.829. The highest BCUT2D eigenvalue weighted by Gasteiger charge is 2.16. The van der Waals surface area contributed by atoms with Crippen molar-refractivity contribution in [3.8, 4) is 0 Å². The standard InChI is InChI=1S/C12H13FO2S/c13-10-3-4-12(9(6-10)7-14)16-8-11-2-1-5-15-11/h3-4,6-7,11H,1-2,5,8H2. The van der Waals surface area contributed by atoms with Crippen molar-refractivity contribution in [3.05, 3.63) is 29.6 Å². The first-order valence-corrected chi connectivity index (χ1v) is 6.27. The molecule has 1 atom stereocenters. The molecule has 0 spiro atoms. The molecule has 1 aromatic rings. The third kappa shape index (κ3) is 2.83. The number of benzene rings is 1. The Morgan fingerprint density at radius 1 is 1.56 bits per heavy atom. The highest BCUT2D eigenvalue weighted by molar-refractivity contribution is 7.99. The number of carbonyl (C=O) groups excluding carboxylic acids is 1. The first-order chi connectivity index (χ1) is 7.79. The summed E-state index contributed by atoms with van der Waals surface area (Å²) in [5.41, 5.74) is 0.419. The van der Waals surface area contributed by atoms with Crippen molar-refractivity contribution in [2.45, 2.75) is 23.8 Å². The molecule has 0 radical (unpaired) electrons. The molecule has 0 N–H and O–H groups in total. The molecule has 0 aliphatic carbocycles. The van der Waals surface area contributed by atoms with Crippen LogP contribution in [-0.2, 0) is 4.74 Å². The van der Waals surface area contributed by atoms with Gasteiger partial charge < -0.3 is 4.74 Å². The topological polar surface area (TPSA) is 26.3 Å². The van der Waals surface area contributed by atoms with E-state index in [1.165, 1.54) is 12.1 Å². The molecule has 2 nitrogen and oxygen atoms in total. The minimum absolute atomic E-state index is 0.273. The third-order valence-corrected chi connectivity index (χ3v) is 3.77. The third-order valence-electron chi connectivity index (χ3n) is 2.55. The molecule has 1 unspecified atom stereocenters. The lowest BCUT2D eigenvalue weighted by atomic mass is 10.2. The highest BCUT2D eigenvalue weighted by Crippen LogP contribution is 2.26. The zero-order valence-electron chi connectivity index (χ0n) is 8.82. The maximum atomic E-state index is 12.9. The van der Waals surface area contributed by atoms with Gasteiger partial charge in [-0.25, -0.2) is 4.39 Å². The van der Waals surface area contributed by atoms with Gasteiger partial charge in [0.15, 0.2) is 6.29 Å². The Morgan fingerprint density at radius 3 is 3.12 bits per heavy atom. The molecule has 1 heterocycles. The molecule has 1 fully saturated rings. The molecule has 86 valence electrons. The molecule has 0 aromatic heterocycles. The molecule has 1 aliphatic rings. The van der Waals surface area contributed by atoms with Gasteiger partial charge in [0, 0.05) is 22.8 Å². The van der Waals surface area contributed by atoms with Crippen LogP contribution in [0, 0.1) is 5.82 Å². The van der Waals surface area contributed by atoms with Gasteiger partial charge in [-0.2, -0.15) is 0 Å². The average molecular weight is 240 g/mol. The first-order valence-electron chi connectivity index (χ1n) is 5.29. The van der Waals surface area contributed by atoms with Gasteiger partial charge in [-0.05, 0) is 31.0 Å². The van der Waals surface area contributed by atoms with Crippen LogP contribution in [0.1, 0.15) is 23.2 Å². The molecule has 0 bridgehead atoms. The molecule has 16 heavy (non-hydrogen) atoms. The normalized spacial score (nSPS) is 19.9. The van der Waals surface area contributed by atoms with Crippen molar-refractivity contribution in [3.63, 3.8) is 0 Å². The van der Waals surface area contributed by atoms with Gasteiger partial charge in [-0.3, -0.25) is 4.79 Å². The van der Waals surface area contributed by atoms with Crippen LogP contribution in [0.2, 0.25) is 0 Å². The monoisotopic (exact) mass is 240 g/mol. The molecule has 1 saturated heterocycles. The Balaban J connectivity index is 1.99. The lowest BCUT2D eigenvalue weighted by molar-refractivity contribution is 0.112. The summed E-state index contributed by atoms with van der Waals surface area (Å²) in [5.74, 6) is 0.454. The lowest BCUT2D eigenvalue weighted by Crippen LogP contribution is -2.08. The van der Waals surface area contributed by atoms with Crippen LogP contribution >= 0.6 is 11.8 Å². The number of hydrogen-bond acceptors (Lipinski definition) is 3. The molecule has 4 heteroatoms. The van der Waals surface area contributed by atoms with E-state index in [4.69, 9.17) is 4.74 Å². The van der Waals surface area contributed by atoms with E-state index >= 15 is 0 Å². The van der Waals surface area contributed by atoms with Gasteiger partial charge in [0.25, 0.3) is 0 Å². The quantitative estimate of drug-likeness (QED) is 0.598. The number of hydrogen-bond donors (Lipinski definition) is 0. The maximum Gasteiger partial charge on any atom is 0.151 e. The predicted octanol–water partition coefficient (Wildman–Crippen LogP) is 2.91. The Morgan fingerprint density at radius 2 is 2.44 bits per heavy atom. The smallest absolute Gasteiger partial charge is 0.151 e. The number of rotatable bonds is 4. The largest absolute Gasteiger partial charge is 0.377 e. The lowest BCUT2D eigenvalue weighted by Gasteiger charge is -2.09. The van der Waals surface area contributed by atoms with E-state index in [2.05, 4.69) is 0 Å². The van der Waals surface area contributed by atoms with Crippen LogP contribution in [0.3, 0.4) is 0 Å². The van der Waals surface area contributed by atoms with Gasteiger partial charge in [0.05, 0.1) is 6.10 Å². The number of aldehydes is 1. The Labute approximate surface area is 98.2 Å². The van der Waals surface area contributed by atoms with E-state index in [1.807, 2.05) is 0 Å². The predicted molar refractivity (Wildman–Crippen MR) is 61.5 cm³/mol. The van der Waals surface area contributed by atoms with Crippen LogP contribution in [-0.4, -0.2) is 24.7 Å². The zero-order chi connectivity index (χ0) is 11.4. The van der Waals surface area contributed by atoms with E-state index in [-0.39, 0.29) is 11.9 Å². The van der Waals surface area contributed by atoms with Crippen molar-refractivity contribution in [1.29, 1.82) is 0 Å². The van der Waals surface area contributed by atoms with E-state index < -0.39 is 0 Å². The number of ether oxygens (including phenoxy) is 1. The minimum atomic E-state index is -0.372. The maximum absolute atomic E-state index is 12.9. The van der Waals surface area contributed by atoms with Crippen LogP contribution in [0.4, 0.5) is 4.39 Å². The highest BCUT2D eigenvalue weighted by atomic mass is 32.2. The summed E-state index contributed by atoms with van der Waals surface area (Å²) in [7, 11) is 0. The second-order valence-corrected chi connectivity index (χ2v) is 4.81. The van der Waals surface area contributed by atoms with Crippen molar-refractivity contribution < 1.29 is 13.9 Å². The Bertz CT molecular complexity index is 375.